The summed E-state index contributed by atoms with van der Waals surface area (Å²) in [4.78, 5) is 18.4. The Morgan fingerprint density at radius 2 is 2.04 bits per heavy atom. The highest BCUT2D eigenvalue weighted by Crippen LogP contribution is 2.35. The van der Waals surface area contributed by atoms with Gasteiger partial charge in [0.05, 0.1) is 5.69 Å². The molecule has 0 aliphatic carbocycles. The predicted octanol–water partition coefficient (Wildman–Crippen LogP) is 4.01. The van der Waals surface area contributed by atoms with Crippen LogP contribution in [0.15, 0.2) is 53.1 Å². The average molecular weight is 379 g/mol. The molecule has 1 aliphatic rings. The smallest absolute Gasteiger partial charge is 0.267 e. The average Bonchev–Trinajstić information content (AvgIpc) is 3.21. The fraction of sp³-hybridized carbons (Fsp3) is 0.286. The minimum Gasteiger partial charge on any atom is -0.482 e. The third kappa shape index (κ3) is 3.55. The van der Waals surface area contributed by atoms with Crippen LogP contribution in [-0.4, -0.2) is 29.2 Å². The number of ether oxygens (including phenoxy) is 2. The Morgan fingerprint density at radius 1 is 1.21 bits per heavy atom. The summed E-state index contributed by atoms with van der Waals surface area (Å²) in [6, 6.07) is 15.0. The van der Waals surface area contributed by atoms with E-state index in [1.54, 1.807) is 4.90 Å². The summed E-state index contributed by atoms with van der Waals surface area (Å²) >= 11 is 0. The molecular formula is C21H21N3O4. The van der Waals surface area contributed by atoms with E-state index in [4.69, 9.17) is 14.0 Å². The maximum absolute atomic E-state index is 12.2. The Bertz CT molecular complexity index is 971. The topological polar surface area (TPSA) is 77.7 Å². The molecule has 1 atom stereocenters. The first-order chi connectivity index (χ1) is 13.7. The van der Waals surface area contributed by atoms with E-state index in [1.807, 2.05) is 62.4 Å². The number of nitrogens with zero attached hydrogens (tertiary/aromatic N) is 3. The summed E-state index contributed by atoms with van der Waals surface area (Å²) in [5.41, 5.74) is 1.48. The third-order valence-electron chi connectivity index (χ3n) is 4.45. The number of carbonyl (C=O) groups is 1. The molecular weight excluding hydrogens is 358 g/mol. The van der Waals surface area contributed by atoms with Gasteiger partial charge in [0, 0.05) is 12.1 Å². The minimum atomic E-state index is -0.386. The Balaban J connectivity index is 1.58. The van der Waals surface area contributed by atoms with Crippen LogP contribution in [0.3, 0.4) is 0 Å². The molecule has 1 aromatic heterocycles. The van der Waals surface area contributed by atoms with Gasteiger partial charge in [-0.15, -0.1) is 0 Å². The van der Waals surface area contributed by atoms with Crippen molar-refractivity contribution in [3.8, 4) is 22.9 Å². The van der Waals surface area contributed by atoms with Gasteiger partial charge in [-0.2, -0.15) is 4.98 Å². The molecule has 1 unspecified atom stereocenters. The molecule has 0 spiro atoms. The second kappa shape index (κ2) is 7.72. The van der Waals surface area contributed by atoms with Gasteiger partial charge < -0.3 is 18.9 Å². The summed E-state index contributed by atoms with van der Waals surface area (Å²) in [5.74, 6) is 2.19. The molecule has 4 rings (SSSR count). The zero-order valence-electron chi connectivity index (χ0n) is 15.8. The molecule has 144 valence electrons. The monoisotopic (exact) mass is 379 g/mol. The van der Waals surface area contributed by atoms with Crippen LogP contribution in [0.5, 0.6) is 11.5 Å². The van der Waals surface area contributed by atoms with E-state index in [-0.39, 0.29) is 18.6 Å². The lowest BCUT2D eigenvalue weighted by Crippen LogP contribution is -2.39. The fourth-order valence-corrected chi connectivity index (χ4v) is 3.08. The van der Waals surface area contributed by atoms with E-state index in [9.17, 15) is 4.79 Å². The Kier molecular flexibility index (Phi) is 4.97. The Morgan fingerprint density at radius 3 is 2.82 bits per heavy atom. The summed E-state index contributed by atoms with van der Waals surface area (Å²) in [6.07, 6.45) is 0.471. The number of amides is 1. The molecule has 0 radical (unpaired) electrons. The zero-order chi connectivity index (χ0) is 19.5. The molecule has 3 aromatic rings. The van der Waals surface area contributed by atoms with Crippen LogP contribution in [-0.2, 0) is 4.79 Å². The SMILES string of the molecule is CCCN1C(=O)COc2ccc(-c3noc(C(C)Oc4ccccc4)n3)cc21. The number of rotatable bonds is 6. The molecule has 1 aliphatic heterocycles. The van der Waals surface area contributed by atoms with Crippen LogP contribution in [0.25, 0.3) is 11.4 Å². The second-order valence-electron chi connectivity index (χ2n) is 6.55. The van der Waals surface area contributed by atoms with E-state index in [0.717, 1.165) is 23.4 Å². The first-order valence-electron chi connectivity index (χ1n) is 9.28. The van der Waals surface area contributed by atoms with Crippen LogP contribution in [0, 0.1) is 0 Å². The largest absolute Gasteiger partial charge is 0.482 e. The number of aromatic nitrogens is 2. The van der Waals surface area contributed by atoms with E-state index >= 15 is 0 Å². The lowest BCUT2D eigenvalue weighted by atomic mass is 10.1. The van der Waals surface area contributed by atoms with Crippen molar-refractivity contribution in [2.45, 2.75) is 26.4 Å². The number of carbonyl (C=O) groups excluding carboxylic acids is 1. The minimum absolute atomic E-state index is 0.0508. The van der Waals surface area contributed by atoms with Gasteiger partial charge in [0.25, 0.3) is 11.8 Å². The molecule has 7 heteroatoms. The summed E-state index contributed by atoms with van der Waals surface area (Å²) < 4.78 is 16.8. The number of anilines is 1. The van der Waals surface area contributed by atoms with Gasteiger partial charge in [-0.1, -0.05) is 30.3 Å². The van der Waals surface area contributed by atoms with Gasteiger partial charge in [-0.3, -0.25) is 4.79 Å². The van der Waals surface area contributed by atoms with Gasteiger partial charge in [0.2, 0.25) is 5.82 Å². The maximum Gasteiger partial charge on any atom is 0.267 e. The van der Waals surface area contributed by atoms with Gasteiger partial charge in [-0.25, -0.2) is 0 Å². The normalized spacial score (nSPS) is 14.4. The molecule has 0 bridgehead atoms. The van der Waals surface area contributed by atoms with Gasteiger partial charge in [-0.05, 0) is 43.7 Å². The third-order valence-corrected chi connectivity index (χ3v) is 4.45. The summed E-state index contributed by atoms with van der Waals surface area (Å²) in [5, 5.41) is 4.08. The molecule has 2 heterocycles. The number of para-hydroxylation sites is 1. The van der Waals surface area contributed by atoms with Crippen molar-refractivity contribution in [1.29, 1.82) is 0 Å². The first kappa shape index (κ1) is 18.0. The number of benzene rings is 2. The van der Waals surface area contributed by atoms with Crippen molar-refractivity contribution in [2.24, 2.45) is 0 Å². The van der Waals surface area contributed by atoms with Crippen LogP contribution in [0.4, 0.5) is 5.69 Å². The lowest BCUT2D eigenvalue weighted by molar-refractivity contribution is -0.121. The highest BCUT2D eigenvalue weighted by Gasteiger charge is 2.26. The molecule has 2 aromatic carbocycles. The number of hydrogen-bond acceptors (Lipinski definition) is 6. The van der Waals surface area contributed by atoms with Crippen molar-refractivity contribution in [3.05, 3.63) is 54.4 Å². The number of hydrogen-bond donors (Lipinski definition) is 0. The maximum atomic E-state index is 12.2. The van der Waals surface area contributed by atoms with E-state index in [1.165, 1.54) is 0 Å². The van der Waals surface area contributed by atoms with Crippen LogP contribution >= 0.6 is 0 Å². The van der Waals surface area contributed by atoms with Crippen molar-refractivity contribution in [1.82, 2.24) is 10.1 Å². The second-order valence-corrected chi connectivity index (χ2v) is 6.55. The Labute approximate surface area is 162 Å². The quantitative estimate of drug-likeness (QED) is 0.644. The fourth-order valence-electron chi connectivity index (χ4n) is 3.08. The van der Waals surface area contributed by atoms with Crippen molar-refractivity contribution in [3.63, 3.8) is 0 Å². The standard InChI is InChI=1S/C21H21N3O4/c1-3-11-24-17-12-15(9-10-18(17)26-13-19(24)25)20-22-21(28-23-20)14(2)27-16-7-5-4-6-8-16/h4-10,12,14H,3,11,13H2,1-2H3. The number of fused-ring (bicyclic) bond motifs is 1. The predicted molar refractivity (Wildman–Crippen MR) is 103 cm³/mol. The van der Waals surface area contributed by atoms with E-state index in [2.05, 4.69) is 10.1 Å². The molecule has 28 heavy (non-hydrogen) atoms. The Hall–Kier alpha value is -3.35. The van der Waals surface area contributed by atoms with Crippen LogP contribution in [0.1, 0.15) is 32.3 Å². The molecule has 1 amide bonds. The highest BCUT2D eigenvalue weighted by molar-refractivity contribution is 5.98. The highest BCUT2D eigenvalue weighted by atomic mass is 16.5. The van der Waals surface area contributed by atoms with Crippen LogP contribution in [0.2, 0.25) is 0 Å². The molecule has 0 saturated heterocycles. The van der Waals surface area contributed by atoms with Gasteiger partial charge in [0.15, 0.2) is 12.7 Å². The van der Waals surface area contributed by atoms with E-state index < -0.39 is 0 Å². The van der Waals surface area contributed by atoms with Gasteiger partial charge >= 0.3 is 0 Å². The van der Waals surface area contributed by atoms with Crippen molar-refractivity contribution < 1.29 is 18.8 Å². The molecule has 7 nitrogen and oxygen atoms in total. The van der Waals surface area contributed by atoms with E-state index in [0.29, 0.717) is 24.0 Å². The van der Waals surface area contributed by atoms with Crippen molar-refractivity contribution >= 4 is 11.6 Å². The molecule has 0 fully saturated rings. The lowest BCUT2D eigenvalue weighted by Gasteiger charge is -2.29. The molecule has 0 saturated carbocycles. The summed E-state index contributed by atoms with van der Waals surface area (Å²) in [6.45, 7) is 4.59. The summed E-state index contributed by atoms with van der Waals surface area (Å²) in [7, 11) is 0. The van der Waals surface area contributed by atoms with Crippen LogP contribution < -0.4 is 14.4 Å². The first-order valence-corrected chi connectivity index (χ1v) is 9.28. The van der Waals surface area contributed by atoms with Gasteiger partial charge in [0.1, 0.15) is 11.5 Å². The van der Waals surface area contributed by atoms with Crippen molar-refractivity contribution in [2.75, 3.05) is 18.1 Å². The zero-order valence-corrected chi connectivity index (χ0v) is 15.8. The molecule has 0 N–H and O–H groups in total.